The predicted molar refractivity (Wildman–Crippen MR) is 33.5 cm³/mol. The number of hydrogen-bond acceptors (Lipinski definition) is 2. The molecule has 0 aliphatic rings. The quantitative estimate of drug-likeness (QED) is 0.492. The van der Waals surface area contributed by atoms with Crippen LogP contribution < -0.4 is 5.73 Å². The highest BCUT2D eigenvalue weighted by Gasteiger charge is 2.35. The van der Waals surface area contributed by atoms with Gasteiger partial charge in [-0.2, -0.15) is 13.2 Å². The van der Waals surface area contributed by atoms with Gasteiger partial charge >= 0.3 is 6.18 Å². The topological polar surface area (TPSA) is 43.1 Å². The van der Waals surface area contributed by atoms with Gasteiger partial charge in [0.05, 0.1) is 0 Å². The number of alkyl halides is 3. The lowest BCUT2D eigenvalue weighted by Crippen LogP contribution is -2.19. The fourth-order valence-electron chi connectivity index (χ4n) is 0.302. The summed E-state index contributed by atoms with van der Waals surface area (Å²) in [6, 6.07) is 0. The summed E-state index contributed by atoms with van der Waals surface area (Å²) in [6.07, 6.45) is -1.30. The lowest BCUT2D eigenvalue weighted by molar-refractivity contribution is -0.165. The molecule has 0 bridgehead atoms. The van der Waals surface area contributed by atoms with Crippen molar-refractivity contribution in [2.24, 2.45) is 5.73 Å². The van der Waals surface area contributed by atoms with E-state index < -0.39 is 12.0 Å². The third-order valence-electron chi connectivity index (χ3n) is 0.749. The summed E-state index contributed by atoms with van der Waals surface area (Å²) in [5.41, 5.74) is 4.80. The van der Waals surface area contributed by atoms with Gasteiger partial charge in [-0.05, 0) is 18.4 Å². The average Bonchev–Trinajstić information content (AvgIpc) is 1.86. The minimum atomic E-state index is -4.79. The van der Waals surface area contributed by atoms with Gasteiger partial charge in [0.2, 0.25) is 0 Å². The van der Waals surface area contributed by atoms with Crippen LogP contribution in [0, 0.1) is 0 Å². The van der Waals surface area contributed by atoms with E-state index in [0.29, 0.717) is 6.08 Å². The van der Waals surface area contributed by atoms with Gasteiger partial charge in [0.15, 0.2) is 0 Å². The van der Waals surface area contributed by atoms with Gasteiger partial charge in [-0.25, -0.2) is 0 Å². The minimum Gasteiger partial charge on any atom is -0.405 e. The molecule has 0 aliphatic heterocycles. The number of halogens is 3. The molecule has 0 rings (SSSR count). The Bertz CT molecular complexity index is 192. The number of nitrogens with two attached hydrogens (primary N) is 1. The Balaban J connectivity index is 4.08. The van der Waals surface area contributed by atoms with E-state index >= 15 is 0 Å². The van der Waals surface area contributed by atoms with E-state index in [-0.39, 0.29) is 0 Å². The predicted octanol–water partition coefficient (Wildman–Crippen LogP) is 1.15. The molecule has 2 nitrogen and oxygen atoms in total. The maximum absolute atomic E-state index is 11.4. The number of allylic oxidation sites excluding steroid dienone is 3. The number of rotatable bonds is 2. The summed E-state index contributed by atoms with van der Waals surface area (Å²) in [6.45, 7) is 0. The maximum atomic E-state index is 11.4. The average molecular weight is 165 g/mol. The zero-order valence-electron chi connectivity index (χ0n) is 5.43. The van der Waals surface area contributed by atoms with Crippen molar-refractivity contribution in [2.45, 2.75) is 6.18 Å². The molecular formula is C6H6F3NO. The van der Waals surface area contributed by atoms with Crippen molar-refractivity contribution in [1.82, 2.24) is 0 Å². The van der Waals surface area contributed by atoms with Gasteiger partial charge in [-0.3, -0.25) is 4.79 Å². The van der Waals surface area contributed by atoms with Crippen LogP contribution in [0.1, 0.15) is 0 Å². The van der Waals surface area contributed by atoms with Gasteiger partial charge in [0.1, 0.15) is 0 Å². The van der Waals surface area contributed by atoms with Crippen molar-refractivity contribution in [1.29, 1.82) is 0 Å². The molecule has 0 aliphatic carbocycles. The third-order valence-corrected chi connectivity index (χ3v) is 0.749. The van der Waals surface area contributed by atoms with E-state index in [9.17, 15) is 18.0 Å². The first-order valence-corrected chi connectivity index (χ1v) is 2.64. The summed E-state index contributed by atoms with van der Waals surface area (Å²) in [4.78, 5) is 10.1. The fourth-order valence-corrected chi connectivity index (χ4v) is 0.302. The van der Waals surface area contributed by atoms with E-state index in [4.69, 9.17) is 5.73 Å². The van der Waals surface area contributed by atoms with Gasteiger partial charge in [0.25, 0.3) is 5.78 Å². The maximum Gasteiger partial charge on any atom is 0.454 e. The fraction of sp³-hybridized carbons (Fsp3) is 0.167. The van der Waals surface area contributed by atoms with Gasteiger partial charge < -0.3 is 5.73 Å². The van der Waals surface area contributed by atoms with Gasteiger partial charge in [-0.15, -0.1) is 0 Å². The van der Waals surface area contributed by atoms with E-state index in [1.807, 2.05) is 0 Å². The molecule has 0 atom stereocenters. The smallest absolute Gasteiger partial charge is 0.405 e. The number of hydrogen-bond donors (Lipinski definition) is 1. The van der Waals surface area contributed by atoms with Crippen molar-refractivity contribution in [3.63, 3.8) is 0 Å². The molecule has 0 heterocycles. The van der Waals surface area contributed by atoms with Gasteiger partial charge in [-0.1, -0.05) is 6.08 Å². The Morgan fingerprint density at radius 1 is 1.27 bits per heavy atom. The highest BCUT2D eigenvalue weighted by atomic mass is 19.4. The van der Waals surface area contributed by atoms with Crippen LogP contribution in [0.25, 0.3) is 0 Å². The molecule has 0 spiro atoms. The number of ketones is 1. The lowest BCUT2D eigenvalue weighted by atomic mass is 10.3. The molecule has 0 saturated carbocycles. The molecule has 0 aromatic carbocycles. The molecule has 62 valence electrons. The molecule has 5 heteroatoms. The van der Waals surface area contributed by atoms with Crippen molar-refractivity contribution in [3.8, 4) is 0 Å². The van der Waals surface area contributed by atoms with Crippen molar-refractivity contribution in [2.75, 3.05) is 0 Å². The molecule has 0 aromatic rings. The standard InChI is InChI=1S/C6H6F3NO/c7-6(8,9)5(11)3-1-2-4-10/h1-4H,10H2/b3-1+,4-2-. The largest absolute Gasteiger partial charge is 0.454 e. The Morgan fingerprint density at radius 2 is 1.82 bits per heavy atom. The zero-order valence-corrected chi connectivity index (χ0v) is 5.43. The highest BCUT2D eigenvalue weighted by molar-refractivity contribution is 5.94. The molecule has 0 saturated heterocycles. The molecule has 0 aromatic heterocycles. The second-order valence-electron chi connectivity index (χ2n) is 1.61. The molecule has 0 fully saturated rings. The third kappa shape index (κ3) is 4.19. The Morgan fingerprint density at radius 3 is 2.18 bits per heavy atom. The molecule has 11 heavy (non-hydrogen) atoms. The Hall–Kier alpha value is -1.26. The highest BCUT2D eigenvalue weighted by Crippen LogP contribution is 2.16. The van der Waals surface area contributed by atoms with Crippen molar-refractivity contribution in [3.05, 3.63) is 24.4 Å². The normalized spacial score (nSPS) is 13.0. The van der Waals surface area contributed by atoms with E-state index in [2.05, 4.69) is 0 Å². The van der Waals surface area contributed by atoms with Gasteiger partial charge in [0, 0.05) is 0 Å². The van der Waals surface area contributed by atoms with Crippen molar-refractivity contribution < 1.29 is 18.0 Å². The van der Waals surface area contributed by atoms with Crippen LogP contribution in [0.3, 0.4) is 0 Å². The zero-order chi connectivity index (χ0) is 8.91. The van der Waals surface area contributed by atoms with Crippen LogP contribution in [0.2, 0.25) is 0 Å². The van der Waals surface area contributed by atoms with Crippen LogP contribution in [-0.4, -0.2) is 12.0 Å². The van der Waals surface area contributed by atoms with Crippen LogP contribution in [0.15, 0.2) is 24.4 Å². The van der Waals surface area contributed by atoms with Crippen LogP contribution >= 0.6 is 0 Å². The molecule has 0 unspecified atom stereocenters. The molecular weight excluding hydrogens is 159 g/mol. The van der Waals surface area contributed by atoms with Crippen molar-refractivity contribution >= 4 is 5.78 Å². The van der Waals surface area contributed by atoms with E-state index in [1.165, 1.54) is 0 Å². The summed E-state index contributed by atoms with van der Waals surface area (Å²) >= 11 is 0. The summed E-state index contributed by atoms with van der Waals surface area (Å²) in [7, 11) is 0. The minimum absolute atomic E-state index is 0.406. The second kappa shape index (κ2) is 3.80. The number of carbonyl (C=O) groups excluding carboxylic acids is 1. The molecule has 0 amide bonds. The first-order valence-electron chi connectivity index (χ1n) is 2.64. The lowest BCUT2D eigenvalue weighted by Gasteiger charge is -1.97. The van der Waals surface area contributed by atoms with E-state index in [0.717, 1.165) is 18.4 Å². The Kier molecular flexibility index (Phi) is 3.36. The van der Waals surface area contributed by atoms with Crippen LogP contribution in [-0.2, 0) is 4.79 Å². The SMILES string of the molecule is N/C=C\C=C\C(=O)C(F)(F)F. The number of carbonyl (C=O) groups is 1. The van der Waals surface area contributed by atoms with Crippen LogP contribution in [0.5, 0.6) is 0 Å². The van der Waals surface area contributed by atoms with E-state index in [1.54, 1.807) is 0 Å². The summed E-state index contributed by atoms with van der Waals surface area (Å²) < 4.78 is 34.3. The summed E-state index contributed by atoms with van der Waals surface area (Å²) in [5, 5.41) is 0. The summed E-state index contributed by atoms with van der Waals surface area (Å²) in [5.74, 6) is -1.89. The Labute approximate surface area is 61.2 Å². The monoisotopic (exact) mass is 165 g/mol. The van der Waals surface area contributed by atoms with Crippen LogP contribution in [0.4, 0.5) is 13.2 Å². The first kappa shape index (κ1) is 9.74. The second-order valence-corrected chi connectivity index (χ2v) is 1.61. The molecule has 2 N–H and O–H groups in total. The first-order chi connectivity index (χ1) is 4.98. The molecule has 0 radical (unpaired) electrons.